The van der Waals surface area contributed by atoms with Crippen molar-refractivity contribution >= 4 is 0 Å². The number of hydrogen-bond donors (Lipinski definition) is 0. The van der Waals surface area contributed by atoms with Crippen LogP contribution in [0.1, 0.15) is 34.7 Å². The molecule has 0 bridgehead atoms. The van der Waals surface area contributed by atoms with E-state index in [-0.39, 0.29) is 0 Å². The summed E-state index contributed by atoms with van der Waals surface area (Å²) < 4.78 is 0. The third-order valence-corrected chi connectivity index (χ3v) is 17.3. The lowest BCUT2D eigenvalue weighted by molar-refractivity contribution is 1.05. The van der Waals surface area contributed by atoms with Crippen molar-refractivity contribution in [1.82, 2.24) is 84.7 Å². The van der Waals surface area contributed by atoms with Crippen molar-refractivity contribution in [1.29, 1.82) is 0 Å². The van der Waals surface area contributed by atoms with Crippen molar-refractivity contribution in [2.45, 2.75) is 41.5 Å². The monoisotopic (exact) mass is 1480 g/mol. The van der Waals surface area contributed by atoms with Gasteiger partial charge in [-0.15, -0.1) is 0 Å². The third kappa shape index (κ3) is 22.0. The van der Waals surface area contributed by atoms with E-state index < -0.39 is 0 Å². The quantitative estimate of drug-likeness (QED) is 0.111. The molecule has 114 heavy (non-hydrogen) atoms. The molecule has 17 heteroatoms. The van der Waals surface area contributed by atoms with Gasteiger partial charge in [0.2, 0.25) is 0 Å². The lowest BCUT2D eigenvalue weighted by Crippen LogP contribution is -1.95. The molecule has 0 spiro atoms. The molecule has 17 nitrogen and oxygen atoms in total. The van der Waals surface area contributed by atoms with Crippen LogP contribution in [0.3, 0.4) is 0 Å². The van der Waals surface area contributed by atoms with Crippen molar-refractivity contribution in [3.63, 3.8) is 0 Å². The van der Waals surface area contributed by atoms with Crippen LogP contribution in [-0.4, -0.2) is 84.7 Å². The molecule has 0 saturated heterocycles. The first-order valence-electron chi connectivity index (χ1n) is 37.0. The van der Waals surface area contributed by atoms with Gasteiger partial charge in [-0.3, -0.25) is 24.9 Å². The fourth-order valence-electron chi connectivity index (χ4n) is 11.9. The van der Waals surface area contributed by atoms with Crippen LogP contribution in [0.25, 0.3) is 135 Å². The zero-order chi connectivity index (χ0) is 78.5. The molecule has 0 N–H and O–H groups in total. The zero-order valence-corrected chi connectivity index (χ0v) is 63.8. The lowest BCUT2D eigenvalue weighted by atomic mass is 10.1. The van der Waals surface area contributed by atoms with Gasteiger partial charge >= 0.3 is 0 Å². The van der Waals surface area contributed by atoms with Crippen LogP contribution in [0.15, 0.2) is 371 Å². The fraction of sp³-hybridized carbons (Fsp3) is 0.0619. The van der Waals surface area contributed by atoms with Gasteiger partial charge in [-0.25, -0.2) is 59.8 Å². The fourth-order valence-corrected chi connectivity index (χ4v) is 11.9. The van der Waals surface area contributed by atoms with E-state index in [1.807, 2.05) is 290 Å². The highest BCUT2D eigenvalue weighted by Gasteiger charge is 2.13. The minimum absolute atomic E-state index is 0.715. The third-order valence-electron chi connectivity index (χ3n) is 17.3. The predicted octanol–water partition coefficient (Wildman–Crippen LogP) is 21.7. The van der Waals surface area contributed by atoms with E-state index >= 15 is 0 Å². The van der Waals surface area contributed by atoms with Gasteiger partial charge in [0.25, 0.3) is 0 Å². The molecule has 0 saturated carbocycles. The predicted molar refractivity (Wildman–Crippen MR) is 455 cm³/mol. The second-order valence-electron chi connectivity index (χ2n) is 25.9. The van der Waals surface area contributed by atoms with Crippen molar-refractivity contribution in [3.05, 3.63) is 406 Å². The largest absolute Gasteiger partial charge is 0.265 e. The number of aromatic nitrogens is 17. The van der Waals surface area contributed by atoms with Gasteiger partial charge in [0.15, 0.2) is 11.6 Å². The van der Waals surface area contributed by atoms with E-state index in [9.17, 15) is 0 Å². The number of nitrogens with zero attached hydrogens (tertiary/aromatic N) is 17. The van der Waals surface area contributed by atoms with E-state index in [0.29, 0.717) is 5.82 Å². The van der Waals surface area contributed by atoms with E-state index in [4.69, 9.17) is 0 Å². The Labute approximate surface area is 663 Å². The van der Waals surface area contributed by atoms with Crippen molar-refractivity contribution < 1.29 is 0 Å². The van der Waals surface area contributed by atoms with Crippen LogP contribution in [0.2, 0.25) is 0 Å². The molecule has 0 aliphatic rings. The first kappa shape index (κ1) is 76.9. The van der Waals surface area contributed by atoms with Crippen LogP contribution >= 0.6 is 0 Å². The van der Waals surface area contributed by atoms with Gasteiger partial charge in [-0.05, 0) is 139 Å². The standard InChI is InChI=1S/C17H14N2.5C16H13N3/c1-13-18-16(14-8-4-2-5-9-14)12-17(19-13)15-10-6-3-7-11-15;1-12-18-15(13-7-3-2-4-8-13)11-16(19-12)14-9-5-6-10-17-14;1-12-18-15(13-6-3-2-4-7-13)10-16(19-12)14-8-5-9-17-11-14;1-12-10-15(13-6-3-2-4-7-13)19-16(18-12)14-8-5-9-17-11-14;1-12-18-15(13-5-3-2-4-6-13)11-16(19-12)14-7-9-17-10-8-14;1-12-11-15(13-5-3-2-4-6-13)19-16(18-12)14-7-9-17-10-8-14/h2-12H,1H3;5*2-11H,1H3. The van der Waals surface area contributed by atoms with Crippen molar-refractivity contribution in [2.24, 2.45) is 0 Å². The number of hydrogen-bond acceptors (Lipinski definition) is 17. The summed E-state index contributed by atoms with van der Waals surface area (Å²) in [5.41, 5.74) is 23.8. The summed E-state index contributed by atoms with van der Waals surface area (Å²) in [5.74, 6) is 4.53. The summed E-state index contributed by atoms with van der Waals surface area (Å²) in [6, 6.07) is 104. The second kappa shape index (κ2) is 39.2. The Bertz CT molecular complexity index is 4690. The Morgan fingerprint density at radius 1 is 0.158 bits per heavy atom. The normalized spacial score (nSPS) is 10.4. The SMILES string of the molecule is Cc1cc(-c2ccccc2)nc(-c2cccnc2)n1.Cc1cc(-c2ccccc2)nc(-c2ccncc2)n1.Cc1nc(-c2ccccc2)cc(-c2ccccc2)n1.Cc1nc(-c2ccccc2)cc(-c2ccccn2)n1.Cc1nc(-c2ccccc2)cc(-c2cccnc2)n1.Cc1nc(-c2ccccc2)cc(-c2ccncc2)n1. The van der Waals surface area contributed by atoms with Crippen LogP contribution in [0.5, 0.6) is 0 Å². The molecular formula is C97H79N17. The molecule has 11 heterocycles. The summed E-state index contributed by atoms with van der Waals surface area (Å²) in [4.78, 5) is 74.8. The molecule has 18 rings (SSSR count). The molecule has 0 aliphatic heterocycles. The van der Waals surface area contributed by atoms with Gasteiger partial charge in [0.05, 0.1) is 62.6 Å². The number of pyridine rings is 5. The summed E-state index contributed by atoms with van der Waals surface area (Å²) in [6.07, 6.45) is 15.9. The highest BCUT2D eigenvalue weighted by atomic mass is 14.9. The minimum Gasteiger partial charge on any atom is -0.265 e. The molecule has 0 atom stereocenters. The lowest BCUT2D eigenvalue weighted by Gasteiger charge is -2.06. The summed E-state index contributed by atoms with van der Waals surface area (Å²) in [7, 11) is 0. The van der Waals surface area contributed by atoms with E-state index in [0.717, 1.165) is 164 Å². The Kier molecular flexibility index (Phi) is 26.5. The molecule has 0 radical (unpaired) electrons. The van der Waals surface area contributed by atoms with E-state index in [2.05, 4.69) is 158 Å². The van der Waals surface area contributed by atoms with E-state index in [1.165, 1.54) is 0 Å². The molecule has 0 aliphatic carbocycles. The van der Waals surface area contributed by atoms with Gasteiger partial charge in [0, 0.05) is 128 Å². The molecule has 0 amide bonds. The zero-order valence-electron chi connectivity index (χ0n) is 63.8. The maximum absolute atomic E-state index is 4.64. The maximum atomic E-state index is 4.64. The smallest absolute Gasteiger partial charge is 0.161 e. The average molecular weight is 1480 g/mol. The number of benzene rings is 7. The molecule has 11 aromatic heterocycles. The number of rotatable bonds is 12. The Hall–Kier alpha value is -15.2. The van der Waals surface area contributed by atoms with E-state index in [1.54, 1.807) is 49.6 Å². The van der Waals surface area contributed by atoms with Crippen LogP contribution in [-0.2, 0) is 0 Å². The molecule has 7 aromatic carbocycles. The first-order valence-corrected chi connectivity index (χ1v) is 37.0. The van der Waals surface area contributed by atoms with Gasteiger partial charge in [-0.1, -0.05) is 218 Å². The van der Waals surface area contributed by atoms with Gasteiger partial charge in [-0.2, -0.15) is 0 Å². The van der Waals surface area contributed by atoms with Crippen LogP contribution < -0.4 is 0 Å². The molecular weight excluding hydrogens is 1400 g/mol. The average Bonchev–Trinajstić information content (AvgIpc) is 0.855. The Morgan fingerprint density at radius 2 is 0.412 bits per heavy atom. The molecule has 0 unspecified atom stereocenters. The molecule has 0 fully saturated rings. The van der Waals surface area contributed by atoms with Crippen molar-refractivity contribution in [2.75, 3.05) is 0 Å². The van der Waals surface area contributed by atoms with Crippen LogP contribution in [0, 0.1) is 41.5 Å². The number of aryl methyl sites for hydroxylation is 6. The highest BCUT2D eigenvalue weighted by Crippen LogP contribution is 2.29. The van der Waals surface area contributed by atoms with Gasteiger partial charge < -0.3 is 0 Å². The molecule has 552 valence electrons. The second-order valence-corrected chi connectivity index (χ2v) is 25.9. The van der Waals surface area contributed by atoms with Crippen LogP contribution in [0.4, 0.5) is 0 Å². The first-order chi connectivity index (χ1) is 56.0. The summed E-state index contributed by atoms with van der Waals surface area (Å²) in [6.45, 7) is 11.6. The Balaban J connectivity index is 0.000000119. The van der Waals surface area contributed by atoms with Gasteiger partial charge in [0.1, 0.15) is 23.3 Å². The highest BCUT2D eigenvalue weighted by molar-refractivity contribution is 5.72. The minimum atomic E-state index is 0.715. The van der Waals surface area contributed by atoms with Crippen molar-refractivity contribution in [3.8, 4) is 135 Å². The Morgan fingerprint density at radius 3 is 0.719 bits per heavy atom. The topological polar surface area (TPSA) is 219 Å². The summed E-state index contributed by atoms with van der Waals surface area (Å²) >= 11 is 0. The maximum Gasteiger partial charge on any atom is 0.161 e. The summed E-state index contributed by atoms with van der Waals surface area (Å²) in [5, 5.41) is 0. The molecule has 18 aromatic rings.